The Labute approximate surface area is 299 Å². The molecule has 0 saturated carbocycles. The Kier molecular flexibility index (Phi) is 5.99. The highest BCUT2D eigenvalue weighted by Crippen LogP contribution is 2.58. The molecule has 2 aliphatic heterocycles. The van der Waals surface area contributed by atoms with Crippen LogP contribution in [0.1, 0.15) is 79.6 Å². The molecule has 6 aromatic rings. The third-order valence-corrected chi connectivity index (χ3v) is 13.8. The number of benzene rings is 6. The summed E-state index contributed by atoms with van der Waals surface area (Å²) in [7, 11) is -3.74. The van der Waals surface area contributed by atoms with Crippen LogP contribution >= 0.6 is 0 Å². The van der Waals surface area contributed by atoms with Crippen molar-refractivity contribution in [3.05, 3.63) is 174 Å². The molecule has 2 atom stereocenters. The summed E-state index contributed by atoms with van der Waals surface area (Å²) in [5, 5.41) is 4.27. The minimum Gasteiger partial charge on any atom is -0.482 e. The zero-order valence-electron chi connectivity index (χ0n) is 29.9. The van der Waals surface area contributed by atoms with E-state index >= 15 is 0 Å². The Morgan fingerprint density at radius 3 is 1.90 bits per heavy atom. The molecule has 10 rings (SSSR count). The van der Waals surface area contributed by atoms with Crippen LogP contribution < -0.4 is 15.2 Å². The van der Waals surface area contributed by atoms with Gasteiger partial charge in [-0.2, -0.15) is 0 Å². The summed E-state index contributed by atoms with van der Waals surface area (Å²) in [4.78, 5) is 0.832. The molecule has 2 aliphatic carbocycles. The molecule has 0 fully saturated rings. The number of fused-ring (bicyclic) bond motifs is 10. The summed E-state index contributed by atoms with van der Waals surface area (Å²) >= 11 is 0. The van der Waals surface area contributed by atoms with Gasteiger partial charge in [0, 0.05) is 27.8 Å². The number of sulfone groups is 1. The van der Waals surface area contributed by atoms with Gasteiger partial charge in [0.2, 0.25) is 9.84 Å². The van der Waals surface area contributed by atoms with Crippen LogP contribution in [0.2, 0.25) is 0 Å². The predicted octanol–water partition coefficient (Wildman–Crippen LogP) is 9.16. The van der Waals surface area contributed by atoms with Crippen LogP contribution in [0.25, 0.3) is 32.4 Å². The molecule has 0 aromatic heterocycles. The van der Waals surface area contributed by atoms with Crippen molar-refractivity contribution in [2.45, 2.75) is 64.9 Å². The van der Waals surface area contributed by atoms with Crippen LogP contribution in [-0.4, -0.2) is 8.42 Å². The van der Waals surface area contributed by atoms with Gasteiger partial charge in [-0.25, -0.2) is 8.42 Å². The Bertz CT molecular complexity index is 2880. The predicted molar refractivity (Wildman–Crippen MR) is 207 cm³/mol. The first-order chi connectivity index (χ1) is 24.4. The fourth-order valence-corrected chi connectivity index (χ4v) is 12.1. The first-order valence-electron chi connectivity index (χ1n) is 17.8. The van der Waals surface area contributed by atoms with Crippen molar-refractivity contribution in [3.63, 3.8) is 0 Å². The lowest BCUT2D eigenvalue weighted by molar-refractivity contribution is 0.108. The van der Waals surface area contributed by atoms with Crippen LogP contribution in [0.4, 0.5) is 0 Å². The van der Waals surface area contributed by atoms with Crippen LogP contribution in [-0.2, 0) is 15.4 Å². The topological polar surface area (TPSA) is 43.4 Å². The highest BCUT2D eigenvalue weighted by atomic mass is 32.2. The van der Waals surface area contributed by atoms with Crippen LogP contribution in [0.5, 0.6) is 5.75 Å². The molecular weight excluding hydrogens is 645 g/mol. The van der Waals surface area contributed by atoms with E-state index in [0.717, 1.165) is 60.7 Å². The average molecular weight is 683 g/mol. The van der Waals surface area contributed by atoms with Gasteiger partial charge in [-0.15, -0.1) is 0 Å². The molecule has 4 aliphatic rings. The molecule has 0 amide bonds. The molecule has 0 N–H and O–H groups in total. The molecule has 0 radical (unpaired) electrons. The number of hydrogen-bond acceptors (Lipinski definition) is 3. The van der Waals surface area contributed by atoms with Gasteiger partial charge in [0.1, 0.15) is 11.4 Å². The molecule has 0 bridgehead atoms. The molecule has 51 heavy (non-hydrogen) atoms. The first-order valence-corrected chi connectivity index (χ1v) is 19.3. The van der Waals surface area contributed by atoms with E-state index in [4.69, 9.17) is 4.74 Å². The van der Waals surface area contributed by atoms with Gasteiger partial charge < -0.3 is 4.74 Å². The summed E-state index contributed by atoms with van der Waals surface area (Å²) in [6, 6.07) is 34.0. The fraction of sp³-hybridized carbons (Fsp3) is 0.191. The third kappa shape index (κ3) is 3.86. The second-order valence-electron chi connectivity index (χ2n) is 15.4. The first kappa shape index (κ1) is 30.6. The molecule has 0 spiro atoms. The minimum atomic E-state index is -3.74. The number of rotatable bonds is 2. The van der Waals surface area contributed by atoms with Crippen molar-refractivity contribution in [3.8, 4) is 5.75 Å². The standard InChI is InChI=1S/C47H38O3S/c1-24-16-26(3)40(27(4)17-24)42-34-20-31-23-37-36(22-30(31)21-35(34)46-44(42)33-13-9-11-15-39(33)51(46,48)49)43(41-28(5)18-25(2)19-29(41)6)45-32-12-8-10-14-38(32)50-47(37,45)7/h8-23,45H,1-7H3. The second kappa shape index (κ2) is 9.98. The average Bonchev–Trinajstić information content (AvgIpc) is 3.71. The molecule has 250 valence electrons. The zero-order chi connectivity index (χ0) is 35.3. The van der Waals surface area contributed by atoms with Gasteiger partial charge in [-0.3, -0.25) is 0 Å². The lowest BCUT2D eigenvalue weighted by Crippen LogP contribution is -2.30. The summed E-state index contributed by atoms with van der Waals surface area (Å²) < 4.78 is 36.0. The Balaban J connectivity index is 1.35. The monoisotopic (exact) mass is 682 g/mol. The Hall–Kier alpha value is -5.19. The molecule has 2 unspecified atom stereocenters. The summed E-state index contributed by atoms with van der Waals surface area (Å²) in [5.74, 6) is 0.960. The summed E-state index contributed by atoms with van der Waals surface area (Å²) in [6.07, 6.45) is 0. The van der Waals surface area contributed by atoms with E-state index in [0.29, 0.717) is 9.80 Å². The number of para-hydroxylation sites is 1. The SMILES string of the molecule is Cc1cc(C)c(C2=c3cc4cc5c(cc4cc3C3=C2c2ccccc2S3(=O)=O)=C(c2c(C)cc(C)cc2C)C2c3ccccc3OC52C)c(C)c1. The Morgan fingerprint density at radius 2 is 1.20 bits per heavy atom. The van der Waals surface area contributed by atoms with E-state index in [1.165, 1.54) is 49.7 Å². The number of aryl methyl sites for hydroxylation is 6. The van der Waals surface area contributed by atoms with Crippen LogP contribution in [0, 0.1) is 41.5 Å². The normalized spacial score (nSPS) is 20.3. The van der Waals surface area contributed by atoms with Crippen molar-refractivity contribution < 1.29 is 13.2 Å². The van der Waals surface area contributed by atoms with Crippen LogP contribution in [0.3, 0.4) is 0 Å². The smallest absolute Gasteiger partial charge is 0.208 e. The van der Waals surface area contributed by atoms with E-state index in [2.05, 4.69) is 121 Å². The molecule has 0 saturated heterocycles. The highest BCUT2D eigenvalue weighted by molar-refractivity contribution is 8.01. The van der Waals surface area contributed by atoms with E-state index in [1.54, 1.807) is 6.07 Å². The largest absolute Gasteiger partial charge is 0.482 e. The van der Waals surface area contributed by atoms with Gasteiger partial charge in [0.05, 0.1) is 15.7 Å². The number of hydrogen-bond donors (Lipinski definition) is 0. The maximum Gasteiger partial charge on any atom is 0.208 e. The van der Waals surface area contributed by atoms with Gasteiger partial charge in [0.15, 0.2) is 0 Å². The van der Waals surface area contributed by atoms with E-state index in [1.807, 2.05) is 18.2 Å². The van der Waals surface area contributed by atoms with Crippen molar-refractivity contribution in [1.29, 1.82) is 0 Å². The fourth-order valence-electron chi connectivity index (χ4n) is 10.2. The second-order valence-corrected chi connectivity index (χ2v) is 17.2. The molecule has 6 aromatic carbocycles. The van der Waals surface area contributed by atoms with E-state index < -0.39 is 15.4 Å². The summed E-state index contributed by atoms with van der Waals surface area (Å²) in [6.45, 7) is 15.3. The quantitative estimate of drug-likeness (QED) is 0.183. The molecule has 4 heteroatoms. The summed E-state index contributed by atoms with van der Waals surface area (Å²) in [5.41, 5.74) is 16.1. The van der Waals surface area contributed by atoms with E-state index in [9.17, 15) is 8.42 Å². The zero-order valence-corrected chi connectivity index (χ0v) is 30.8. The Morgan fingerprint density at radius 1 is 0.608 bits per heavy atom. The highest BCUT2D eigenvalue weighted by Gasteiger charge is 2.53. The molecular formula is C47H38O3S. The lowest BCUT2D eigenvalue weighted by Gasteiger charge is -2.28. The molecule has 2 heterocycles. The third-order valence-electron chi connectivity index (χ3n) is 11.9. The number of ether oxygens (including phenoxy) is 1. The van der Waals surface area contributed by atoms with Crippen molar-refractivity contribution in [2.75, 3.05) is 0 Å². The maximum atomic E-state index is 14.5. The van der Waals surface area contributed by atoms with E-state index in [-0.39, 0.29) is 5.92 Å². The van der Waals surface area contributed by atoms with Gasteiger partial charge in [0.25, 0.3) is 0 Å². The lowest BCUT2D eigenvalue weighted by atomic mass is 9.78. The van der Waals surface area contributed by atoms with Gasteiger partial charge >= 0.3 is 0 Å². The number of allylic oxidation sites excluding steroid dienone is 1. The molecule has 3 nitrogen and oxygen atoms in total. The maximum absolute atomic E-state index is 14.5. The van der Waals surface area contributed by atoms with Crippen LogP contribution in [0.15, 0.2) is 102 Å². The van der Waals surface area contributed by atoms with Gasteiger partial charge in [-0.05, 0) is 151 Å². The van der Waals surface area contributed by atoms with Gasteiger partial charge in [-0.1, -0.05) is 71.8 Å². The van der Waals surface area contributed by atoms with Crippen molar-refractivity contribution >= 4 is 42.2 Å². The minimum absolute atomic E-state index is 0.0199. The van der Waals surface area contributed by atoms with Crippen molar-refractivity contribution in [1.82, 2.24) is 0 Å². The van der Waals surface area contributed by atoms with Crippen molar-refractivity contribution in [2.24, 2.45) is 0 Å².